The molecule has 0 aliphatic heterocycles. The third kappa shape index (κ3) is 3.68. The maximum absolute atomic E-state index is 4.52. The van der Waals surface area contributed by atoms with Gasteiger partial charge in [-0.1, -0.05) is 35.0 Å². The zero-order valence-corrected chi connectivity index (χ0v) is 14.8. The van der Waals surface area contributed by atoms with Crippen LogP contribution < -0.4 is 5.32 Å². The lowest BCUT2D eigenvalue weighted by atomic mass is 10.0. The molecule has 2 aromatic rings. The molecule has 2 unspecified atom stereocenters. The molecule has 1 N–H and O–H groups in total. The van der Waals surface area contributed by atoms with Crippen LogP contribution in [0.5, 0.6) is 0 Å². The molecule has 0 radical (unpaired) electrons. The van der Waals surface area contributed by atoms with Crippen LogP contribution in [0, 0.1) is 13.8 Å². The van der Waals surface area contributed by atoms with Crippen LogP contribution in [0.15, 0.2) is 28.7 Å². The van der Waals surface area contributed by atoms with Crippen LogP contribution in [-0.2, 0) is 0 Å². The molecule has 1 aromatic carbocycles. The van der Waals surface area contributed by atoms with E-state index in [2.05, 4.69) is 78.2 Å². The minimum Gasteiger partial charge on any atom is -0.303 e. The molecule has 0 amide bonds. The van der Waals surface area contributed by atoms with E-state index >= 15 is 0 Å². The maximum Gasteiger partial charge on any atom is 0.0900 e. The van der Waals surface area contributed by atoms with Gasteiger partial charge >= 0.3 is 0 Å². The van der Waals surface area contributed by atoms with Gasteiger partial charge in [0.2, 0.25) is 0 Å². The molecule has 0 fully saturated rings. The maximum atomic E-state index is 4.52. The van der Waals surface area contributed by atoms with Gasteiger partial charge in [-0.05, 0) is 44.9 Å². The molecule has 1 aromatic heterocycles. The SMILES string of the molecule is CCC(NC(C)c1sc(C)nc1C)c1cccc(Br)c1. The molecular formula is C16H21BrN2S. The van der Waals surface area contributed by atoms with Gasteiger partial charge in [0.1, 0.15) is 0 Å². The van der Waals surface area contributed by atoms with Gasteiger partial charge in [0, 0.05) is 21.4 Å². The van der Waals surface area contributed by atoms with Crippen molar-refractivity contribution in [2.24, 2.45) is 0 Å². The van der Waals surface area contributed by atoms with Crippen LogP contribution in [0.2, 0.25) is 0 Å². The van der Waals surface area contributed by atoms with Crippen molar-refractivity contribution >= 4 is 27.3 Å². The molecular weight excluding hydrogens is 332 g/mol. The van der Waals surface area contributed by atoms with Crippen molar-refractivity contribution in [2.75, 3.05) is 0 Å². The van der Waals surface area contributed by atoms with E-state index in [0.717, 1.165) is 21.6 Å². The van der Waals surface area contributed by atoms with Gasteiger partial charge in [-0.25, -0.2) is 4.98 Å². The van der Waals surface area contributed by atoms with E-state index < -0.39 is 0 Å². The number of nitrogens with zero attached hydrogens (tertiary/aromatic N) is 1. The summed E-state index contributed by atoms with van der Waals surface area (Å²) in [5.74, 6) is 0. The fourth-order valence-corrected chi connectivity index (χ4v) is 3.86. The number of nitrogens with one attached hydrogen (secondary N) is 1. The topological polar surface area (TPSA) is 24.9 Å². The number of hydrogen-bond donors (Lipinski definition) is 1. The summed E-state index contributed by atoms with van der Waals surface area (Å²) < 4.78 is 1.13. The molecule has 0 bridgehead atoms. The number of rotatable bonds is 5. The molecule has 0 aliphatic rings. The Bertz CT molecular complexity index is 580. The average molecular weight is 353 g/mol. The molecule has 108 valence electrons. The number of aryl methyl sites for hydroxylation is 2. The third-order valence-corrected chi connectivity index (χ3v) is 5.19. The minimum absolute atomic E-state index is 0.324. The van der Waals surface area contributed by atoms with Crippen LogP contribution in [0.3, 0.4) is 0 Å². The fraction of sp³-hybridized carbons (Fsp3) is 0.438. The molecule has 0 spiro atoms. The van der Waals surface area contributed by atoms with Gasteiger partial charge in [0.05, 0.1) is 10.7 Å². The van der Waals surface area contributed by atoms with Gasteiger partial charge in [-0.3, -0.25) is 0 Å². The smallest absolute Gasteiger partial charge is 0.0900 e. The first-order valence-corrected chi connectivity index (χ1v) is 8.57. The second kappa shape index (κ2) is 6.83. The first-order valence-electron chi connectivity index (χ1n) is 6.96. The number of thiazole rings is 1. The highest BCUT2D eigenvalue weighted by Gasteiger charge is 2.17. The molecule has 2 nitrogen and oxygen atoms in total. The Morgan fingerprint density at radius 1 is 1.35 bits per heavy atom. The van der Waals surface area contributed by atoms with E-state index in [1.165, 1.54) is 10.4 Å². The Balaban J connectivity index is 2.16. The summed E-state index contributed by atoms with van der Waals surface area (Å²) >= 11 is 5.34. The number of aromatic nitrogens is 1. The zero-order chi connectivity index (χ0) is 14.7. The highest BCUT2D eigenvalue weighted by Crippen LogP contribution is 2.28. The molecule has 1 heterocycles. The van der Waals surface area contributed by atoms with Crippen LogP contribution in [-0.4, -0.2) is 4.98 Å². The number of benzene rings is 1. The summed E-state index contributed by atoms with van der Waals surface area (Å²) in [4.78, 5) is 5.87. The molecule has 0 saturated heterocycles. The highest BCUT2D eigenvalue weighted by atomic mass is 79.9. The normalized spacial score (nSPS) is 14.2. The second-order valence-corrected chi connectivity index (χ2v) is 7.24. The molecule has 0 saturated carbocycles. The molecule has 2 rings (SSSR count). The Labute approximate surface area is 133 Å². The van der Waals surface area contributed by atoms with Crippen molar-refractivity contribution in [1.29, 1.82) is 0 Å². The minimum atomic E-state index is 0.324. The largest absolute Gasteiger partial charge is 0.303 e. The van der Waals surface area contributed by atoms with E-state index in [4.69, 9.17) is 0 Å². The highest BCUT2D eigenvalue weighted by molar-refractivity contribution is 9.10. The standard InChI is InChI=1S/C16H21BrN2S/c1-5-15(13-7-6-8-14(17)9-13)19-11(3)16-10(2)18-12(4)20-16/h6-9,11,15,19H,5H2,1-4H3. The predicted molar refractivity (Wildman–Crippen MR) is 90.3 cm³/mol. The number of hydrogen-bond acceptors (Lipinski definition) is 3. The van der Waals surface area contributed by atoms with E-state index in [-0.39, 0.29) is 0 Å². The van der Waals surface area contributed by atoms with Crippen molar-refractivity contribution in [1.82, 2.24) is 10.3 Å². The summed E-state index contributed by atoms with van der Waals surface area (Å²) in [5, 5.41) is 4.87. The second-order valence-electron chi connectivity index (χ2n) is 5.09. The third-order valence-electron chi connectivity index (χ3n) is 3.44. The first-order chi connectivity index (χ1) is 9.51. The van der Waals surface area contributed by atoms with Gasteiger partial charge in [0.25, 0.3) is 0 Å². The lowest BCUT2D eigenvalue weighted by Gasteiger charge is -2.22. The quantitative estimate of drug-likeness (QED) is 0.786. The van der Waals surface area contributed by atoms with E-state index in [1.807, 2.05) is 0 Å². The van der Waals surface area contributed by atoms with E-state index in [0.29, 0.717) is 12.1 Å². The van der Waals surface area contributed by atoms with Crippen LogP contribution in [0.25, 0.3) is 0 Å². The van der Waals surface area contributed by atoms with Gasteiger partial charge < -0.3 is 5.32 Å². The summed E-state index contributed by atoms with van der Waals surface area (Å²) in [6.45, 7) is 8.60. The lowest BCUT2D eigenvalue weighted by molar-refractivity contribution is 0.459. The Hall–Kier alpha value is -0.710. The summed E-state index contributed by atoms with van der Waals surface area (Å²) in [6, 6.07) is 9.23. The monoisotopic (exact) mass is 352 g/mol. The van der Waals surface area contributed by atoms with Gasteiger partial charge in [-0.15, -0.1) is 11.3 Å². The molecule has 4 heteroatoms. The number of halogens is 1. The van der Waals surface area contributed by atoms with Gasteiger partial charge in [0.15, 0.2) is 0 Å². The van der Waals surface area contributed by atoms with Crippen LogP contribution in [0.4, 0.5) is 0 Å². The van der Waals surface area contributed by atoms with E-state index in [1.54, 1.807) is 11.3 Å². The first kappa shape index (κ1) is 15.7. The zero-order valence-electron chi connectivity index (χ0n) is 12.4. The van der Waals surface area contributed by atoms with Gasteiger partial charge in [-0.2, -0.15) is 0 Å². The summed E-state index contributed by atoms with van der Waals surface area (Å²) in [6.07, 6.45) is 1.07. The molecule has 20 heavy (non-hydrogen) atoms. The average Bonchev–Trinajstić information content (AvgIpc) is 2.75. The van der Waals surface area contributed by atoms with Crippen molar-refractivity contribution in [2.45, 2.75) is 46.2 Å². The summed E-state index contributed by atoms with van der Waals surface area (Å²) in [7, 11) is 0. The summed E-state index contributed by atoms with van der Waals surface area (Å²) in [5.41, 5.74) is 2.48. The van der Waals surface area contributed by atoms with Crippen molar-refractivity contribution in [3.05, 3.63) is 49.9 Å². The molecule has 0 aliphatic carbocycles. The van der Waals surface area contributed by atoms with Crippen LogP contribution in [0.1, 0.15) is 53.5 Å². The molecule has 2 atom stereocenters. The predicted octanol–water partition coefficient (Wildman–Crippen LogP) is 5.32. The van der Waals surface area contributed by atoms with Crippen molar-refractivity contribution < 1.29 is 0 Å². The Kier molecular flexibility index (Phi) is 5.35. The lowest BCUT2D eigenvalue weighted by Crippen LogP contribution is -2.24. The Morgan fingerprint density at radius 2 is 2.10 bits per heavy atom. The Morgan fingerprint density at radius 3 is 2.65 bits per heavy atom. The van der Waals surface area contributed by atoms with Crippen molar-refractivity contribution in [3.8, 4) is 0 Å². The van der Waals surface area contributed by atoms with Crippen LogP contribution >= 0.6 is 27.3 Å². The fourth-order valence-electron chi connectivity index (χ4n) is 2.50. The van der Waals surface area contributed by atoms with E-state index in [9.17, 15) is 0 Å². The van der Waals surface area contributed by atoms with Crippen molar-refractivity contribution in [3.63, 3.8) is 0 Å².